The van der Waals surface area contributed by atoms with E-state index in [4.69, 9.17) is 4.74 Å². The predicted octanol–water partition coefficient (Wildman–Crippen LogP) is 2.31. The maximum Gasteiger partial charge on any atom is 0.255 e. The van der Waals surface area contributed by atoms with Crippen molar-refractivity contribution in [2.45, 2.75) is 25.8 Å². The molecule has 2 atom stereocenters. The lowest BCUT2D eigenvalue weighted by Crippen LogP contribution is -2.53. The zero-order valence-corrected chi connectivity index (χ0v) is 13.5. The first kappa shape index (κ1) is 15.3. The van der Waals surface area contributed by atoms with Gasteiger partial charge >= 0.3 is 0 Å². The highest BCUT2D eigenvalue weighted by Crippen LogP contribution is 2.40. The van der Waals surface area contributed by atoms with Gasteiger partial charge in [-0.05, 0) is 31.0 Å². The Balaban J connectivity index is 1.81. The lowest BCUT2D eigenvalue weighted by atomic mass is 9.77. The molecule has 1 N–H and O–H groups in total. The fraction of sp³-hybridized carbons (Fsp3) is 0.444. The van der Waals surface area contributed by atoms with Crippen LogP contribution in [-0.4, -0.2) is 41.6 Å². The van der Waals surface area contributed by atoms with Gasteiger partial charge < -0.3 is 14.6 Å². The minimum absolute atomic E-state index is 0.00152. The predicted molar refractivity (Wildman–Crippen MR) is 87.5 cm³/mol. The maximum atomic E-state index is 13.7. The van der Waals surface area contributed by atoms with Crippen molar-refractivity contribution >= 4 is 16.8 Å². The van der Waals surface area contributed by atoms with E-state index in [1.807, 2.05) is 0 Å². The molecule has 0 aliphatic carbocycles. The number of benzene rings is 1. The molecule has 1 amide bonds. The molecule has 0 bridgehead atoms. The Kier molecular flexibility index (Phi) is 3.46. The van der Waals surface area contributed by atoms with Crippen LogP contribution in [0, 0.1) is 11.2 Å². The Morgan fingerprint density at radius 2 is 2.25 bits per heavy atom. The smallest absolute Gasteiger partial charge is 0.255 e. The minimum Gasteiger partial charge on any atom is -0.379 e. The van der Waals surface area contributed by atoms with Crippen LogP contribution in [-0.2, 0) is 4.74 Å². The first-order chi connectivity index (χ1) is 11.5. The molecular formula is C18H19FN2O3. The molecule has 2 aliphatic rings. The highest BCUT2D eigenvalue weighted by Gasteiger charge is 2.47. The number of aromatic amines is 1. The number of pyridine rings is 1. The van der Waals surface area contributed by atoms with Crippen LogP contribution in [0.5, 0.6) is 0 Å². The molecule has 1 aromatic heterocycles. The Hall–Kier alpha value is -2.21. The summed E-state index contributed by atoms with van der Waals surface area (Å²) in [5.41, 5.74) is 0.315. The van der Waals surface area contributed by atoms with Crippen LogP contribution in [0.1, 0.15) is 30.1 Å². The molecule has 4 rings (SSSR count). The molecule has 2 aromatic rings. The molecule has 126 valence electrons. The number of amides is 1. The highest BCUT2D eigenvalue weighted by atomic mass is 19.1. The maximum absolute atomic E-state index is 13.7. The van der Waals surface area contributed by atoms with Gasteiger partial charge in [-0.3, -0.25) is 9.59 Å². The summed E-state index contributed by atoms with van der Waals surface area (Å²) in [5.74, 6) is -0.658. The van der Waals surface area contributed by atoms with Crippen molar-refractivity contribution in [3.63, 3.8) is 0 Å². The third-order valence-electron chi connectivity index (χ3n) is 5.33. The van der Waals surface area contributed by atoms with Crippen LogP contribution in [0.2, 0.25) is 0 Å². The summed E-state index contributed by atoms with van der Waals surface area (Å²) in [4.78, 5) is 29.5. The summed E-state index contributed by atoms with van der Waals surface area (Å²) in [6, 6.07) is 5.33. The summed E-state index contributed by atoms with van der Waals surface area (Å²) in [6.45, 7) is 3.93. The summed E-state index contributed by atoms with van der Waals surface area (Å²) in [6.07, 6.45) is 1.92. The number of carbonyl (C=O) groups is 1. The molecule has 24 heavy (non-hydrogen) atoms. The second-order valence-corrected chi connectivity index (χ2v) is 7.02. The number of halogens is 1. The highest BCUT2D eigenvalue weighted by molar-refractivity contribution is 6.06. The van der Waals surface area contributed by atoms with Crippen LogP contribution >= 0.6 is 0 Å². The number of piperidine rings is 1. The standard InChI is InChI=1S/C18H19FN2O3/c1-18-5-2-6-21(15(18)9-24-10-18)17(23)13-8-16(22)20-14-4-3-11(19)7-12(13)14/h3-4,7-8,15H,2,5-6,9-10H2,1H3,(H,20,22)/t15-,18+/m1/s1. The van der Waals surface area contributed by atoms with Gasteiger partial charge in [0, 0.05) is 28.9 Å². The van der Waals surface area contributed by atoms with E-state index in [1.165, 1.54) is 24.3 Å². The Bertz CT molecular complexity index is 878. The van der Waals surface area contributed by atoms with Gasteiger partial charge in [0.2, 0.25) is 5.56 Å². The molecule has 1 aromatic carbocycles. The number of hydrogen-bond acceptors (Lipinski definition) is 3. The second kappa shape index (κ2) is 5.41. The van der Waals surface area contributed by atoms with Crippen molar-refractivity contribution in [2.24, 2.45) is 5.41 Å². The third-order valence-corrected chi connectivity index (χ3v) is 5.33. The molecule has 0 spiro atoms. The monoisotopic (exact) mass is 330 g/mol. The van der Waals surface area contributed by atoms with E-state index < -0.39 is 5.82 Å². The molecule has 0 unspecified atom stereocenters. The first-order valence-corrected chi connectivity index (χ1v) is 8.19. The van der Waals surface area contributed by atoms with Gasteiger partial charge in [-0.25, -0.2) is 4.39 Å². The van der Waals surface area contributed by atoms with Crippen LogP contribution in [0.3, 0.4) is 0 Å². The number of likely N-dealkylation sites (tertiary alicyclic amines) is 1. The van der Waals surface area contributed by atoms with Gasteiger partial charge in [-0.1, -0.05) is 6.92 Å². The summed E-state index contributed by atoms with van der Waals surface area (Å²) in [5, 5.41) is 0.436. The van der Waals surface area contributed by atoms with Crippen molar-refractivity contribution in [2.75, 3.05) is 19.8 Å². The molecular weight excluding hydrogens is 311 g/mol. The lowest BCUT2D eigenvalue weighted by Gasteiger charge is -2.43. The third kappa shape index (κ3) is 2.33. The van der Waals surface area contributed by atoms with Gasteiger partial charge in [0.05, 0.1) is 24.8 Å². The number of carbonyl (C=O) groups excluding carboxylic acids is 1. The molecule has 2 aliphatic heterocycles. The number of ether oxygens (including phenoxy) is 1. The van der Waals surface area contributed by atoms with Gasteiger partial charge in [-0.2, -0.15) is 0 Å². The van der Waals surface area contributed by atoms with Crippen LogP contribution < -0.4 is 5.56 Å². The molecule has 0 radical (unpaired) electrons. The minimum atomic E-state index is -0.434. The Labute approximate surface area is 138 Å². The normalized spacial score (nSPS) is 26.6. The van der Waals surface area contributed by atoms with Crippen molar-refractivity contribution in [1.82, 2.24) is 9.88 Å². The molecule has 3 heterocycles. The van der Waals surface area contributed by atoms with Crippen molar-refractivity contribution in [1.29, 1.82) is 0 Å². The van der Waals surface area contributed by atoms with E-state index in [2.05, 4.69) is 11.9 Å². The first-order valence-electron chi connectivity index (χ1n) is 8.19. The molecule has 5 nitrogen and oxygen atoms in total. The second-order valence-electron chi connectivity index (χ2n) is 7.02. The summed E-state index contributed by atoms with van der Waals surface area (Å²) in [7, 11) is 0. The van der Waals surface area contributed by atoms with E-state index in [9.17, 15) is 14.0 Å². The largest absolute Gasteiger partial charge is 0.379 e. The van der Waals surface area contributed by atoms with Crippen LogP contribution in [0.15, 0.2) is 29.1 Å². The average Bonchev–Trinajstić information content (AvgIpc) is 2.95. The van der Waals surface area contributed by atoms with Gasteiger partial charge in [0.15, 0.2) is 0 Å². The number of hydrogen-bond donors (Lipinski definition) is 1. The summed E-state index contributed by atoms with van der Waals surface area (Å²) >= 11 is 0. The number of fused-ring (bicyclic) bond motifs is 2. The van der Waals surface area contributed by atoms with Gasteiger partial charge in [0.1, 0.15) is 5.82 Å². The Morgan fingerprint density at radius 3 is 3.08 bits per heavy atom. The quantitative estimate of drug-likeness (QED) is 0.873. The zero-order valence-electron chi connectivity index (χ0n) is 13.5. The van der Waals surface area contributed by atoms with E-state index >= 15 is 0 Å². The topological polar surface area (TPSA) is 62.4 Å². The fourth-order valence-corrected chi connectivity index (χ4v) is 4.02. The van der Waals surface area contributed by atoms with Crippen LogP contribution in [0.4, 0.5) is 4.39 Å². The number of rotatable bonds is 1. The van der Waals surface area contributed by atoms with E-state index in [1.54, 1.807) is 4.90 Å². The molecule has 6 heteroatoms. The molecule has 2 fully saturated rings. The van der Waals surface area contributed by atoms with Crippen molar-refractivity contribution < 1.29 is 13.9 Å². The number of H-pyrrole nitrogens is 1. The molecule has 0 saturated carbocycles. The average molecular weight is 330 g/mol. The van der Waals surface area contributed by atoms with Gasteiger partial charge in [0.25, 0.3) is 5.91 Å². The van der Waals surface area contributed by atoms with Gasteiger partial charge in [-0.15, -0.1) is 0 Å². The number of nitrogens with one attached hydrogen (secondary N) is 1. The van der Waals surface area contributed by atoms with Crippen molar-refractivity contribution in [3.8, 4) is 0 Å². The summed E-state index contributed by atoms with van der Waals surface area (Å²) < 4.78 is 19.3. The lowest BCUT2D eigenvalue weighted by molar-refractivity contribution is 0.0401. The fourth-order valence-electron chi connectivity index (χ4n) is 4.02. The SMILES string of the molecule is C[C@@]12CCCN(C(=O)c3cc(=O)[nH]c4ccc(F)cc34)[C@@H]1COC2. The van der Waals surface area contributed by atoms with E-state index in [0.717, 1.165) is 12.8 Å². The van der Waals surface area contributed by atoms with E-state index in [0.29, 0.717) is 30.7 Å². The Morgan fingerprint density at radius 1 is 1.42 bits per heavy atom. The van der Waals surface area contributed by atoms with Crippen molar-refractivity contribution in [3.05, 3.63) is 46.0 Å². The number of aromatic nitrogens is 1. The van der Waals surface area contributed by atoms with Crippen LogP contribution in [0.25, 0.3) is 10.9 Å². The zero-order chi connectivity index (χ0) is 16.9. The molecule has 2 saturated heterocycles. The van der Waals surface area contributed by atoms with E-state index in [-0.39, 0.29) is 28.5 Å². The number of nitrogens with zero attached hydrogens (tertiary/aromatic N) is 1.